The van der Waals surface area contributed by atoms with Gasteiger partial charge in [-0.1, -0.05) is 49.7 Å². The zero-order chi connectivity index (χ0) is 26.2. The summed E-state index contributed by atoms with van der Waals surface area (Å²) in [5, 5.41) is 6.20. The van der Waals surface area contributed by atoms with Crippen molar-refractivity contribution in [2.24, 2.45) is 5.92 Å². The lowest BCUT2D eigenvalue weighted by Gasteiger charge is -2.12. The van der Waals surface area contributed by atoms with E-state index in [0.717, 1.165) is 22.4 Å². The van der Waals surface area contributed by atoms with Crippen molar-refractivity contribution in [3.8, 4) is 5.75 Å². The number of carbonyl (C=O) groups excluding carboxylic acids is 2. The highest BCUT2D eigenvalue weighted by Gasteiger charge is 2.15. The Labute approximate surface area is 220 Å². The first-order chi connectivity index (χ1) is 17.9. The summed E-state index contributed by atoms with van der Waals surface area (Å²) in [4.78, 5) is 33.8. The summed E-state index contributed by atoms with van der Waals surface area (Å²) in [5.41, 5.74) is 3.08. The Bertz CT molecular complexity index is 1360. The number of ether oxygens (including phenoxy) is 1. The molecule has 4 rings (SSSR count). The topological polar surface area (TPSA) is 96.1 Å². The molecule has 7 nitrogen and oxygen atoms in total. The van der Waals surface area contributed by atoms with E-state index >= 15 is 0 Å². The molecule has 0 aliphatic carbocycles. The van der Waals surface area contributed by atoms with Gasteiger partial charge in [0.25, 0.3) is 11.8 Å². The van der Waals surface area contributed by atoms with Gasteiger partial charge >= 0.3 is 0 Å². The fraction of sp³-hybridized carbons (Fsp3) is 0.207. The van der Waals surface area contributed by atoms with Gasteiger partial charge in [0.05, 0.1) is 17.6 Å². The largest absolute Gasteiger partial charge is 0.493 e. The highest BCUT2D eigenvalue weighted by atomic mass is 35.5. The number of rotatable bonds is 10. The second-order valence-electron chi connectivity index (χ2n) is 9.00. The molecule has 0 aliphatic rings. The summed E-state index contributed by atoms with van der Waals surface area (Å²) in [6, 6.07) is 21.6. The van der Waals surface area contributed by atoms with Crippen molar-refractivity contribution >= 4 is 40.5 Å². The third-order valence-corrected chi connectivity index (χ3v) is 5.71. The van der Waals surface area contributed by atoms with Crippen LogP contribution in [-0.4, -0.2) is 34.9 Å². The monoisotopic (exact) mass is 516 g/mol. The standard InChI is InChI=1S/C29H29ClN4O3/c1-19(2)18-37-23-13-9-21(10-14-23)28(35)34-26(17-20-7-11-22(30)12-8-20)29(36)31-16-15-27-32-24-5-3-4-6-25(24)33-27/h3-14,17,19H,15-16,18H2,1-2H3,(H,31,36)(H,32,33)(H,34,35)/b26-17-. The normalized spacial score (nSPS) is 11.5. The van der Waals surface area contributed by atoms with Crippen molar-refractivity contribution < 1.29 is 14.3 Å². The average Bonchev–Trinajstić information content (AvgIpc) is 3.31. The molecule has 37 heavy (non-hydrogen) atoms. The lowest BCUT2D eigenvalue weighted by molar-refractivity contribution is -0.117. The van der Waals surface area contributed by atoms with E-state index < -0.39 is 11.8 Å². The van der Waals surface area contributed by atoms with Gasteiger partial charge in [0, 0.05) is 23.6 Å². The first-order valence-electron chi connectivity index (χ1n) is 12.1. The van der Waals surface area contributed by atoms with Crippen LogP contribution in [0.15, 0.2) is 78.5 Å². The maximum Gasteiger partial charge on any atom is 0.267 e. The minimum absolute atomic E-state index is 0.122. The van der Waals surface area contributed by atoms with E-state index in [4.69, 9.17) is 16.3 Å². The molecule has 4 aromatic rings. The van der Waals surface area contributed by atoms with Gasteiger partial charge in [-0.3, -0.25) is 9.59 Å². The van der Waals surface area contributed by atoms with Crippen molar-refractivity contribution in [2.75, 3.05) is 13.2 Å². The number of H-pyrrole nitrogens is 1. The predicted octanol–water partition coefficient (Wildman–Crippen LogP) is 5.38. The highest BCUT2D eigenvalue weighted by molar-refractivity contribution is 6.30. The molecule has 0 unspecified atom stereocenters. The Kier molecular flexibility index (Phi) is 8.59. The van der Waals surface area contributed by atoms with Crippen LogP contribution in [0.3, 0.4) is 0 Å². The maximum atomic E-state index is 13.1. The van der Waals surface area contributed by atoms with Gasteiger partial charge in [-0.25, -0.2) is 4.98 Å². The number of imidazole rings is 1. The molecule has 8 heteroatoms. The number of nitrogens with zero attached hydrogens (tertiary/aromatic N) is 1. The molecule has 0 spiro atoms. The molecule has 3 aromatic carbocycles. The van der Waals surface area contributed by atoms with Crippen molar-refractivity contribution in [2.45, 2.75) is 20.3 Å². The van der Waals surface area contributed by atoms with Crippen LogP contribution in [0.1, 0.15) is 35.6 Å². The molecule has 1 aromatic heterocycles. The molecule has 0 radical (unpaired) electrons. The first-order valence-corrected chi connectivity index (χ1v) is 12.5. The number of aromatic nitrogens is 2. The minimum atomic E-state index is -0.406. The SMILES string of the molecule is CC(C)COc1ccc(C(=O)N/C(=C\c2ccc(Cl)cc2)C(=O)NCCc2nc3ccccc3[nH]2)cc1. The van der Waals surface area contributed by atoms with Gasteiger partial charge in [0.15, 0.2) is 0 Å². The van der Waals surface area contributed by atoms with Crippen molar-refractivity contribution in [3.63, 3.8) is 0 Å². The van der Waals surface area contributed by atoms with Crippen LogP contribution in [-0.2, 0) is 11.2 Å². The number of fused-ring (bicyclic) bond motifs is 1. The van der Waals surface area contributed by atoms with Crippen LogP contribution in [0.4, 0.5) is 0 Å². The summed E-state index contributed by atoms with van der Waals surface area (Å²) in [6.45, 7) is 5.07. The lowest BCUT2D eigenvalue weighted by Crippen LogP contribution is -2.35. The van der Waals surface area contributed by atoms with E-state index in [1.807, 2.05) is 24.3 Å². The number of para-hydroxylation sites is 2. The second kappa shape index (κ2) is 12.2. The van der Waals surface area contributed by atoms with Gasteiger partial charge in [-0.15, -0.1) is 0 Å². The molecule has 0 atom stereocenters. The molecular formula is C29H29ClN4O3. The fourth-order valence-corrected chi connectivity index (χ4v) is 3.68. The summed E-state index contributed by atoms with van der Waals surface area (Å²) >= 11 is 5.99. The molecule has 190 valence electrons. The Morgan fingerprint density at radius 2 is 1.76 bits per heavy atom. The quantitative estimate of drug-likeness (QED) is 0.246. The number of amides is 2. The second-order valence-corrected chi connectivity index (χ2v) is 9.44. The number of benzene rings is 3. The molecule has 0 fully saturated rings. The van der Waals surface area contributed by atoms with E-state index in [0.29, 0.717) is 41.8 Å². The Hall–Kier alpha value is -4.10. The van der Waals surface area contributed by atoms with Gasteiger partial charge < -0.3 is 20.4 Å². The summed E-state index contributed by atoms with van der Waals surface area (Å²) < 4.78 is 5.68. The lowest BCUT2D eigenvalue weighted by atomic mass is 10.1. The van der Waals surface area contributed by atoms with Crippen LogP contribution in [0.2, 0.25) is 5.02 Å². The summed E-state index contributed by atoms with van der Waals surface area (Å²) in [7, 11) is 0. The number of halogens is 1. The molecule has 0 saturated heterocycles. The summed E-state index contributed by atoms with van der Waals surface area (Å²) in [6.07, 6.45) is 2.13. The number of nitrogens with one attached hydrogen (secondary N) is 3. The Morgan fingerprint density at radius 1 is 1.03 bits per heavy atom. The smallest absolute Gasteiger partial charge is 0.267 e. The number of hydrogen-bond donors (Lipinski definition) is 3. The molecular weight excluding hydrogens is 488 g/mol. The molecule has 1 heterocycles. The number of carbonyl (C=O) groups is 2. The summed E-state index contributed by atoms with van der Waals surface area (Å²) in [5.74, 6) is 1.05. The third kappa shape index (κ3) is 7.44. The average molecular weight is 517 g/mol. The highest BCUT2D eigenvalue weighted by Crippen LogP contribution is 2.15. The molecule has 0 bridgehead atoms. The minimum Gasteiger partial charge on any atom is -0.493 e. The zero-order valence-electron chi connectivity index (χ0n) is 20.8. The Morgan fingerprint density at radius 3 is 2.46 bits per heavy atom. The van der Waals surface area contributed by atoms with Crippen molar-refractivity contribution in [1.29, 1.82) is 0 Å². The van der Waals surface area contributed by atoms with Crippen LogP contribution >= 0.6 is 11.6 Å². The van der Waals surface area contributed by atoms with E-state index in [2.05, 4.69) is 34.4 Å². The third-order valence-electron chi connectivity index (χ3n) is 5.46. The van der Waals surface area contributed by atoms with Crippen molar-refractivity contribution in [3.05, 3.63) is 100 Å². The first kappa shape index (κ1) is 26.0. The fourth-order valence-electron chi connectivity index (χ4n) is 3.56. The van der Waals surface area contributed by atoms with Crippen LogP contribution in [0.25, 0.3) is 17.1 Å². The molecule has 0 saturated carbocycles. The molecule has 3 N–H and O–H groups in total. The van der Waals surface area contributed by atoms with Gasteiger partial charge in [-0.2, -0.15) is 0 Å². The van der Waals surface area contributed by atoms with Crippen LogP contribution < -0.4 is 15.4 Å². The van der Waals surface area contributed by atoms with Crippen LogP contribution in [0.5, 0.6) is 5.75 Å². The number of hydrogen-bond acceptors (Lipinski definition) is 4. The van der Waals surface area contributed by atoms with Gasteiger partial charge in [-0.05, 0) is 66.1 Å². The van der Waals surface area contributed by atoms with E-state index in [1.165, 1.54) is 0 Å². The van der Waals surface area contributed by atoms with Crippen LogP contribution in [0, 0.1) is 5.92 Å². The van der Waals surface area contributed by atoms with Gasteiger partial charge in [0.2, 0.25) is 0 Å². The van der Waals surface area contributed by atoms with E-state index in [-0.39, 0.29) is 5.70 Å². The van der Waals surface area contributed by atoms with Gasteiger partial charge in [0.1, 0.15) is 17.3 Å². The zero-order valence-corrected chi connectivity index (χ0v) is 21.5. The maximum absolute atomic E-state index is 13.1. The number of aromatic amines is 1. The van der Waals surface area contributed by atoms with Crippen molar-refractivity contribution in [1.82, 2.24) is 20.6 Å². The van der Waals surface area contributed by atoms with E-state index in [9.17, 15) is 9.59 Å². The predicted molar refractivity (Wildman–Crippen MR) is 146 cm³/mol. The molecule has 2 amide bonds. The van der Waals surface area contributed by atoms with E-state index in [1.54, 1.807) is 54.6 Å². The Balaban J connectivity index is 1.44. The molecule has 0 aliphatic heterocycles.